The van der Waals surface area contributed by atoms with E-state index in [0.717, 1.165) is 29.8 Å². The molecule has 128 valence electrons. The molecule has 1 fully saturated rings. The highest BCUT2D eigenvalue weighted by Gasteiger charge is 2.35. The van der Waals surface area contributed by atoms with Gasteiger partial charge in [-0.05, 0) is 31.5 Å². The number of aromatic amines is 1. The minimum Gasteiger partial charge on any atom is -0.388 e. The van der Waals surface area contributed by atoms with Gasteiger partial charge in [-0.25, -0.2) is 0 Å². The van der Waals surface area contributed by atoms with Crippen LogP contribution in [-0.4, -0.2) is 56.8 Å². The van der Waals surface area contributed by atoms with Crippen LogP contribution in [0.15, 0.2) is 30.7 Å². The Balaban J connectivity index is 1.71. The summed E-state index contributed by atoms with van der Waals surface area (Å²) in [5, 5.41) is 20.5. The van der Waals surface area contributed by atoms with E-state index in [-0.39, 0.29) is 12.3 Å². The lowest BCUT2D eigenvalue weighted by Crippen LogP contribution is -2.49. The maximum Gasteiger partial charge on any atom is 0.222 e. The first-order chi connectivity index (χ1) is 11.6. The second-order valence-electron chi connectivity index (χ2n) is 6.40. The predicted octanol–water partition coefficient (Wildman–Crippen LogP) is 0.935. The van der Waals surface area contributed by atoms with E-state index in [0.29, 0.717) is 19.5 Å². The van der Waals surface area contributed by atoms with Gasteiger partial charge in [0.15, 0.2) is 0 Å². The zero-order chi connectivity index (χ0) is 17.0. The standard InChI is InChI=1S/C17H23N5O2/c1-18-15(23)8-17(24)5-3-7-22(12-17)11-14-10-20-21-16(14)13-4-2-6-19-9-13/h2,4,6,9-10,24H,3,5,7-8,11-12H2,1H3,(H,18,23)(H,20,21). The van der Waals surface area contributed by atoms with Crippen LogP contribution in [0.2, 0.25) is 0 Å². The number of H-pyrrole nitrogens is 1. The number of aromatic nitrogens is 3. The van der Waals surface area contributed by atoms with Crippen LogP contribution >= 0.6 is 0 Å². The van der Waals surface area contributed by atoms with Crippen molar-refractivity contribution in [3.8, 4) is 11.3 Å². The molecule has 0 radical (unpaired) electrons. The number of nitrogens with zero attached hydrogens (tertiary/aromatic N) is 3. The number of likely N-dealkylation sites (tertiary alicyclic amines) is 1. The number of carbonyl (C=O) groups excluding carboxylic acids is 1. The van der Waals surface area contributed by atoms with Crippen LogP contribution in [0.1, 0.15) is 24.8 Å². The molecule has 1 aliphatic rings. The summed E-state index contributed by atoms with van der Waals surface area (Å²) in [7, 11) is 1.60. The number of β-amino-alcohol motifs (C(OH)–C–C–N with tert-alkyl or cyclic N) is 1. The molecule has 1 saturated heterocycles. The number of pyridine rings is 1. The number of rotatable bonds is 5. The third-order valence-corrected chi connectivity index (χ3v) is 4.46. The van der Waals surface area contributed by atoms with Gasteiger partial charge in [-0.15, -0.1) is 0 Å². The minimum absolute atomic E-state index is 0.126. The van der Waals surface area contributed by atoms with Crippen molar-refractivity contribution in [1.82, 2.24) is 25.4 Å². The highest BCUT2D eigenvalue weighted by molar-refractivity contribution is 5.76. The molecule has 1 unspecified atom stereocenters. The van der Waals surface area contributed by atoms with Gasteiger partial charge in [0.2, 0.25) is 5.91 Å². The molecule has 7 heteroatoms. The molecule has 0 spiro atoms. The van der Waals surface area contributed by atoms with Crippen LogP contribution in [0.25, 0.3) is 11.3 Å². The van der Waals surface area contributed by atoms with Gasteiger partial charge >= 0.3 is 0 Å². The van der Waals surface area contributed by atoms with Gasteiger partial charge in [-0.2, -0.15) is 5.10 Å². The number of amides is 1. The molecule has 7 nitrogen and oxygen atoms in total. The van der Waals surface area contributed by atoms with Gasteiger partial charge < -0.3 is 10.4 Å². The lowest BCUT2D eigenvalue weighted by Gasteiger charge is -2.38. The van der Waals surface area contributed by atoms with Gasteiger partial charge in [0.1, 0.15) is 0 Å². The minimum atomic E-state index is -0.962. The molecule has 0 aliphatic carbocycles. The van der Waals surface area contributed by atoms with Crippen LogP contribution in [-0.2, 0) is 11.3 Å². The topological polar surface area (TPSA) is 94.1 Å². The van der Waals surface area contributed by atoms with Crippen molar-refractivity contribution in [3.05, 3.63) is 36.3 Å². The van der Waals surface area contributed by atoms with E-state index in [1.807, 2.05) is 18.3 Å². The molecule has 1 amide bonds. The molecular formula is C17H23N5O2. The average molecular weight is 329 g/mol. The lowest BCUT2D eigenvalue weighted by atomic mass is 9.89. The van der Waals surface area contributed by atoms with Gasteiger partial charge in [0.25, 0.3) is 0 Å². The monoisotopic (exact) mass is 329 g/mol. The first-order valence-corrected chi connectivity index (χ1v) is 8.18. The summed E-state index contributed by atoms with van der Waals surface area (Å²) in [6, 6.07) is 3.88. The van der Waals surface area contributed by atoms with E-state index in [1.165, 1.54) is 0 Å². The number of piperidine rings is 1. The van der Waals surface area contributed by atoms with Crippen molar-refractivity contribution < 1.29 is 9.90 Å². The van der Waals surface area contributed by atoms with Crippen LogP contribution in [0.4, 0.5) is 0 Å². The second kappa shape index (κ2) is 7.11. The lowest BCUT2D eigenvalue weighted by molar-refractivity contribution is -0.128. The van der Waals surface area contributed by atoms with Crippen molar-refractivity contribution in [2.75, 3.05) is 20.1 Å². The summed E-state index contributed by atoms with van der Waals surface area (Å²) >= 11 is 0. The molecular weight excluding hydrogens is 306 g/mol. The fraction of sp³-hybridized carbons (Fsp3) is 0.471. The normalized spacial score (nSPS) is 21.6. The SMILES string of the molecule is CNC(=O)CC1(O)CCCN(Cc2cn[nH]c2-c2cccnc2)C1. The molecule has 2 aromatic rings. The largest absolute Gasteiger partial charge is 0.388 e. The Hall–Kier alpha value is -2.25. The van der Waals surface area contributed by atoms with Crippen LogP contribution in [0, 0.1) is 0 Å². The average Bonchev–Trinajstić information content (AvgIpc) is 3.03. The summed E-state index contributed by atoms with van der Waals surface area (Å²) in [5.74, 6) is -0.126. The summed E-state index contributed by atoms with van der Waals surface area (Å²) < 4.78 is 0. The van der Waals surface area contributed by atoms with Gasteiger partial charge in [0, 0.05) is 43.7 Å². The van der Waals surface area contributed by atoms with E-state index in [2.05, 4.69) is 25.4 Å². The van der Waals surface area contributed by atoms with Crippen molar-refractivity contribution in [3.63, 3.8) is 0 Å². The molecule has 3 rings (SSSR count). The zero-order valence-electron chi connectivity index (χ0n) is 13.8. The Morgan fingerprint density at radius 3 is 3.12 bits per heavy atom. The summed E-state index contributed by atoms with van der Waals surface area (Å²) in [5.41, 5.74) is 2.04. The molecule has 1 atom stereocenters. The van der Waals surface area contributed by atoms with E-state index in [1.54, 1.807) is 19.4 Å². The van der Waals surface area contributed by atoms with Crippen LogP contribution < -0.4 is 5.32 Å². The number of hydrogen-bond donors (Lipinski definition) is 3. The number of nitrogens with one attached hydrogen (secondary N) is 2. The Kier molecular flexibility index (Phi) is 4.92. The number of aliphatic hydroxyl groups is 1. The molecule has 0 saturated carbocycles. The first kappa shape index (κ1) is 16.6. The smallest absolute Gasteiger partial charge is 0.222 e. The Morgan fingerprint density at radius 1 is 1.50 bits per heavy atom. The van der Waals surface area contributed by atoms with Crippen LogP contribution in [0.5, 0.6) is 0 Å². The maximum absolute atomic E-state index is 11.6. The fourth-order valence-electron chi connectivity index (χ4n) is 3.31. The fourth-order valence-corrected chi connectivity index (χ4v) is 3.31. The highest BCUT2D eigenvalue weighted by atomic mass is 16.3. The van der Waals surface area contributed by atoms with Gasteiger partial charge in [0.05, 0.1) is 23.9 Å². The molecule has 0 bridgehead atoms. The Bertz CT molecular complexity index is 687. The van der Waals surface area contributed by atoms with Gasteiger partial charge in [-0.3, -0.25) is 19.8 Å². The van der Waals surface area contributed by atoms with E-state index >= 15 is 0 Å². The zero-order valence-corrected chi connectivity index (χ0v) is 13.8. The van der Waals surface area contributed by atoms with Crippen LogP contribution in [0.3, 0.4) is 0 Å². The van der Waals surface area contributed by atoms with E-state index in [9.17, 15) is 9.90 Å². The van der Waals surface area contributed by atoms with E-state index < -0.39 is 5.60 Å². The second-order valence-corrected chi connectivity index (χ2v) is 6.40. The molecule has 2 aromatic heterocycles. The Labute approximate surface area is 141 Å². The maximum atomic E-state index is 11.6. The van der Waals surface area contributed by atoms with Gasteiger partial charge in [-0.1, -0.05) is 0 Å². The summed E-state index contributed by atoms with van der Waals surface area (Å²) in [6.07, 6.45) is 7.01. The summed E-state index contributed by atoms with van der Waals surface area (Å²) in [6.45, 7) is 2.06. The van der Waals surface area contributed by atoms with Crippen molar-refractivity contribution >= 4 is 5.91 Å². The molecule has 3 N–H and O–H groups in total. The molecule has 24 heavy (non-hydrogen) atoms. The quantitative estimate of drug-likeness (QED) is 0.759. The van der Waals surface area contributed by atoms with Crippen molar-refractivity contribution in [2.45, 2.75) is 31.4 Å². The third-order valence-electron chi connectivity index (χ3n) is 4.46. The first-order valence-electron chi connectivity index (χ1n) is 8.18. The molecule has 0 aromatic carbocycles. The van der Waals surface area contributed by atoms with E-state index in [4.69, 9.17) is 0 Å². The molecule has 3 heterocycles. The predicted molar refractivity (Wildman–Crippen MR) is 90.0 cm³/mol. The van der Waals surface area contributed by atoms with Crippen molar-refractivity contribution in [1.29, 1.82) is 0 Å². The Morgan fingerprint density at radius 2 is 2.38 bits per heavy atom. The highest BCUT2D eigenvalue weighted by Crippen LogP contribution is 2.27. The number of hydrogen-bond acceptors (Lipinski definition) is 5. The number of carbonyl (C=O) groups is 1. The van der Waals surface area contributed by atoms with Crippen molar-refractivity contribution in [2.24, 2.45) is 0 Å². The molecule has 1 aliphatic heterocycles. The third kappa shape index (κ3) is 3.80. The summed E-state index contributed by atoms with van der Waals surface area (Å²) in [4.78, 5) is 18.0.